The molecule has 3 N–H and O–H groups in total. The fraction of sp³-hybridized carbons (Fsp3) is 0.556. The van der Waals surface area contributed by atoms with Crippen molar-refractivity contribution >= 4 is 17.0 Å². The highest BCUT2D eigenvalue weighted by Crippen LogP contribution is 2.36. The Bertz CT molecular complexity index is 1040. The molecule has 1 aromatic carbocycles. The number of aromatic nitrogens is 3. The van der Waals surface area contributed by atoms with Crippen LogP contribution in [-0.2, 0) is 6.54 Å². The molecular weight excluding hydrogens is 426 g/mol. The van der Waals surface area contributed by atoms with Crippen molar-refractivity contribution in [1.82, 2.24) is 19.4 Å². The Morgan fingerprint density at radius 1 is 1.06 bits per heavy atom. The minimum Gasteiger partial charge on any atom is -0.396 e. The van der Waals surface area contributed by atoms with Gasteiger partial charge in [-0.05, 0) is 62.7 Å². The van der Waals surface area contributed by atoms with Gasteiger partial charge in [-0.2, -0.15) is 4.98 Å². The van der Waals surface area contributed by atoms with Gasteiger partial charge in [0, 0.05) is 49.1 Å². The number of fused-ring (bicyclic) bond motifs is 1. The summed E-state index contributed by atoms with van der Waals surface area (Å²) in [5.41, 5.74) is 4.60. The van der Waals surface area contributed by atoms with Gasteiger partial charge < -0.3 is 20.1 Å². The molecule has 7 nitrogen and oxygen atoms in total. The molecule has 0 unspecified atom stereocenters. The highest BCUT2D eigenvalue weighted by molar-refractivity contribution is 5.94. The zero-order chi connectivity index (χ0) is 23.9. The van der Waals surface area contributed by atoms with E-state index >= 15 is 0 Å². The van der Waals surface area contributed by atoms with Crippen molar-refractivity contribution in [2.75, 3.05) is 31.6 Å². The number of hydrogen-bond donors (Lipinski definition) is 3. The minimum absolute atomic E-state index is 0.186. The molecule has 4 rings (SSSR count). The van der Waals surface area contributed by atoms with E-state index in [1.54, 1.807) is 0 Å². The Labute approximate surface area is 202 Å². The SMILES string of the molecule is CCN(CC)Cc1ccc(-c2cn(C3CCC(O)CC3)c3nc(NCCCCO)ncc23)cc1. The Hall–Kier alpha value is -2.48. The molecule has 184 valence electrons. The molecule has 3 aromatic rings. The number of unbranched alkanes of at least 4 members (excludes halogenated alkanes) is 1. The molecule has 7 heteroatoms. The van der Waals surface area contributed by atoms with Crippen molar-refractivity contribution in [3.8, 4) is 11.1 Å². The van der Waals surface area contributed by atoms with Crippen molar-refractivity contribution in [2.24, 2.45) is 0 Å². The molecule has 0 amide bonds. The number of anilines is 1. The summed E-state index contributed by atoms with van der Waals surface area (Å²) in [6.45, 7) is 8.41. The van der Waals surface area contributed by atoms with Gasteiger partial charge in [0.15, 0.2) is 0 Å². The van der Waals surface area contributed by atoms with E-state index in [1.807, 2.05) is 6.20 Å². The van der Waals surface area contributed by atoms with Gasteiger partial charge in [0.05, 0.1) is 6.10 Å². The third-order valence-electron chi connectivity index (χ3n) is 7.06. The molecular formula is C27H39N5O2. The average molecular weight is 466 g/mol. The maximum absolute atomic E-state index is 10.0. The van der Waals surface area contributed by atoms with Crippen LogP contribution in [0.4, 0.5) is 5.95 Å². The number of aliphatic hydroxyl groups is 2. The Kier molecular flexibility index (Phi) is 8.53. The molecule has 0 spiro atoms. The van der Waals surface area contributed by atoms with Gasteiger partial charge in [0.25, 0.3) is 0 Å². The van der Waals surface area contributed by atoms with Crippen molar-refractivity contribution < 1.29 is 10.2 Å². The van der Waals surface area contributed by atoms with E-state index < -0.39 is 0 Å². The summed E-state index contributed by atoms with van der Waals surface area (Å²) < 4.78 is 2.31. The van der Waals surface area contributed by atoms with E-state index in [0.29, 0.717) is 12.0 Å². The number of benzene rings is 1. The van der Waals surface area contributed by atoms with Crippen molar-refractivity contribution in [3.63, 3.8) is 0 Å². The van der Waals surface area contributed by atoms with Crippen LogP contribution < -0.4 is 5.32 Å². The van der Waals surface area contributed by atoms with Crippen LogP contribution in [-0.4, -0.2) is 62.0 Å². The summed E-state index contributed by atoms with van der Waals surface area (Å²) >= 11 is 0. The monoisotopic (exact) mass is 465 g/mol. The van der Waals surface area contributed by atoms with Crippen LogP contribution in [0.3, 0.4) is 0 Å². The number of rotatable bonds is 11. The molecule has 1 aliphatic rings. The van der Waals surface area contributed by atoms with Crippen LogP contribution in [0, 0.1) is 0 Å². The lowest BCUT2D eigenvalue weighted by atomic mass is 9.93. The fourth-order valence-corrected chi connectivity index (χ4v) is 4.89. The summed E-state index contributed by atoms with van der Waals surface area (Å²) in [6, 6.07) is 9.21. The standard InChI is InChI=1S/C27H39N5O2/c1-3-31(4-2)18-20-7-9-21(10-8-20)25-19-32(22-11-13-23(34)14-12-22)26-24(25)17-29-27(30-26)28-15-5-6-16-33/h7-10,17,19,22-23,33-34H,3-6,11-16,18H2,1-2H3,(H,28,29,30). The second-order valence-corrected chi connectivity index (χ2v) is 9.36. The van der Waals surface area contributed by atoms with Gasteiger partial charge >= 0.3 is 0 Å². The van der Waals surface area contributed by atoms with Crippen LogP contribution in [0.15, 0.2) is 36.7 Å². The fourth-order valence-electron chi connectivity index (χ4n) is 4.89. The van der Waals surface area contributed by atoms with E-state index in [-0.39, 0.29) is 12.7 Å². The zero-order valence-corrected chi connectivity index (χ0v) is 20.6. The predicted octanol–water partition coefficient (Wildman–Crippen LogP) is 4.60. The smallest absolute Gasteiger partial charge is 0.224 e. The first-order valence-corrected chi connectivity index (χ1v) is 12.8. The largest absolute Gasteiger partial charge is 0.396 e. The Morgan fingerprint density at radius 3 is 2.47 bits per heavy atom. The Balaban J connectivity index is 1.64. The first-order chi connectivity index (χ1) is 16.6. The van der Waals surface area contributed by atoms with Crippen LogP contribution in [0.2, 0.25) is 0 Å². The summed E-state index contributed by atoms with van der Waals surface area (Å²) in [5.74, 6) is 0.627. The highest BCUT2D eigenvalue weighted by atomic mass is 16.3. The molecule has 0 aliphatic heterocycles. The van der Waals surface area contributed by atoms with Gasteiger partial charge in [0.1, 0.15) is 5.65 Å². The normalized spacial score (nSPS) is 18.6. The summed E-state index contributed by atoms with van der Waals surface area (Å²) in [7, 11) is 0. The maximum Gasteiger partial charge on any atom is 0.224 e. The molecule has 1 saturated carbocycles. The average Bonchev–Trinajstić information content (AvgIpc) is 3.25. The summed E-state index contributed by atoms with van der Waals surface area (Å²) in [5, 5.41) is 23.4. The van der Waals surface area contributed by atoms with Gasteiger partial charge in [-0.25, -0.2) is 4.98 Å². The molecule has 0 bridgehead atoms. The predicted molar refractivity (Wildman–Crippen MR) is 138 cm³/mol. The van der Waals surface area contributed by atoms with Crippen LogP contribution in [0.5, 0.6) is 0 Å². The van der Waals surface area contributed by atoms with Crippen LogP contribution in [0.25, 0.3) is 22.2 Å². The van der Waals surface area contributed by atoms with Gasteiger partial charge in [-0.1, -0.05) is 38.1 Å². The third kappa shape index (κ3) is 5.77. The second-order valence-electron chi connectivity index (χ2n) is 9.36. The molecule has 0 atom stereocenters. The van der Waals surface area contributed by atoms with E-state index in [4.69, 9.17) is 10.1 Å². The first-order valence-electron chi connectivity index (χ1n) is 12.8. The third-order valence-corrected chi connectivity index (χ3v) is 7.06. The number of nitrogens with zero attached hydrogens (tertiary/aromatic N) is 4. The zero-order valence-electron chi connectivity index (χ0n) is 20.6. The first kappa shape index (κ1) is 24.6. The molecule has 2 heterocycles. The van der Waals surface area contributed by atoms with E-state index in [9.17, 15) is 5.11 Å². The van der Waals surface area contributed by atoms with Crippen LogP contribution >= 0.6 is 0 Å². The minimum atomic E-state index is -0.186. The Morgan fingerprint density at radius 2 is 1.79 bits per heavy atom. The summed E-state index contributed by atoms with van der Waals surface area (Å²) in [4.78, 5) is 11.9. The lowest BCUT2D eigenvalue weighted by Crippen LogP contribution is -2.21. The lowest BCUT2D eigenvalue weighted by molar-refractivity contribution is 0.111. The van der Waals surface area contributed by atoms with Gasteiger partial charge in [-0.15, -0.1) is 0 Å². The molecule has 34 heavy (non-hydrogen) atoms. The lowest BCUT2D eigenvalue weighted by Gasteiger charge is -2.27. The van der Waals surface area contributed by atoms with Gasteiger partial charge in [0.2, 0.25) is 5.95 Å². The molecule has 0 radical (unpaired) electrons. The van der Waals surface area contributed by atoms with Crippen molar-refractivity contribution in [1.29, 1.82) is 0 Å². The van der Waals surface area contributed by atoms with Gasteiger partial charge in [-0.3, -0.25) is 4.90 Å². The summed E-state index contributed by atoms with van der Waals surface area (Å²) in [6.07, 6.45) is 9.20. The van der Waals surface area contributed by atoms with E-state index in [0.717, 1.165) is 81.3 Å². The van der Waals surface area contributed by atoms with Crippen LogP contribution in [0.1, 0.15) is 64.0 Å². The number of aliphatic hydroxyl groups excluding tert-OH is 2. The molecule has 1 aliphatic carbocycles. The maximum atomic E-state index is 10.0. The number of hydrogen-bond acceptors (Lipinski definition) is 6. The van der Waals surface area contributed by atoms with E-state index in [2.05, 4.69) is 64.1 Å². The van der Waals surface area contributed by atoms with Crippen molar-refractivity contribution in [2.45, 2.75) is 71.1 Å². The topological polar surface area (TPSA) is 86.4 Å². The highest BCUT2D eigenvalue weighted by Gasteiger charge is 2.24. The second kappa shape index (κ2) is 11.8. The number of nitrogens with one attached hydrogen (secondary N) is 1. The quantitative estimate of drug-likeness (QED) is 0.359. The molecule has 2 aromatic heterocycles. The van der Waals surface area contributed by atoms with E-state index in [1.165, 1.54) is 11.1 Å². The van der Waals surface area contributed by atoms with Crippen molar-refractivity contribution in [3.05, 3.63) is 42.2 Å². The molecule has 1 fully saturated rings. The molecule has 0 saturated heterocycles.